The lowest BCUT2D eigenvalue weighted by molar-refractivity contribution is 0.590. The zero-order valence-corrected chi connectivity index (χ0v) is 14.2. The first kappa shape index (κ1) is 16.8. The maximum atomic E-state index is 13.8. The third-order valence-electron chi connectivity index (χ3n) is 3.92. The SMILES string of the molecule is Cc1cc(Nc2c(F)cccc2F)nc(Nc2cccc(C)c2C)n1. The zero-order valence-electron chi connectivity index (χ0n) is 14.2. The lowest BCUT2D eigenvalue weighted by Crippen LogP contribution is -2.05. The van der Waals surface area contributed by atoms with Gasteiger partial charge in [0.2, 0.25) is 5.95 Å². The Kier molecular flexibility index (Phi) is 4.61. The van der Waals surface area contributed by atoms with E-state index < -0.39 is 11.6 Å². The molecule has 0 unspecified atom stereocenters. The van der Waals surface area contributed by atoms with Gasteiger partial charge in [0.05, 0.1) is 0 Å². The van der Waals surface area contributed by atoms with Gasteiger partial charge in [0.1, 0.15) is 23.1 Å². The molecular formula is C19H18F2N4. The fourth-order valence-electron chi connectivity index (χ4n) is 2.44. The van der Waals surface area contributed by atoms with Crippen LogP contribution in [0.4, 0.5) is 31.9 Å². The lowest BCUT2D eigenvalue weighted by Gasteiger charge is -2.13. The van der Waals surface area contributed by atoms with Gasteiger partial charge in [-0.25, -0.2) is 13.8 Å². The zero-order chi connectivity index (χ0) is 18.0. The summed E-state index contributed by atoms with van der Waals surface area (Å²) in [5, 5.41) is 5.85. The van der Waals surface area contributed by atoms with Gasteiger partial charge in [0.25, 0.3) is 0 Å². The first-order chi connectivity index (χ1) is 11.9. The van der Waals surface area contributed by atoms with Crippen LogP contribution in [0.1, 0.15) is 16.8 Å². The molecule has 128 valence electrons. The van der Waals surface area contributed by atoms with Gasteiger partial charge in [-0.15, -0.1) is 0 Å². The van der Waals surface area contributed by atoms with E-state index in [1.54, 1.807) is 13.0 Å². The van der Waals surface area contributed by atoms with Gasteiger partial charge in [-0.2, -0.15) is 4.98 Å². The Morgan fingerprint density at radius 1 is 0.840 bits per heavy atom. The van der Waals surface area contributed by atoms with Crippen LogP contribution in [0, 0.1) is 32.4 Å². The molecule has 0 saturated carbocycles. The maximum absolute atomic E-state index is 13.8. The summed E-state index contributed by atoms with van der Waals surface area (Å²) in [7, 11) is 0. The van der Waals surface area contributed by atoms with Gasteiger partial charge < -0.3 is 10.6 Å². The first-order valence-corrected chi connectivity index (χ1v) is 7.84. The minimum atomic E-state index is -0.680. The molecule has 0 fully saturated rings. The summed E-state index contributed by atoms with van der Waals surface area (Å²) < 4.78 is 27.6. The van der Waals surface area contributed by atoms with E-state index in [0.717, 1.165) is 16.8 Å². The normalized spacial score (nSPS) is 10.6. The smallest absolute Gasteiger partial charge is 0.229 e. The summed E-state index contributed by atoms with van der Waals surface area (Å²) in [4.78, 5) is 8.65. The number of aromatic nitrogens is 2. The molecule has 0 aliphatic carbocycles. The number of anilines is 4. The van der Waals surface area contributed by atoms with Crippen LogP contribution in [-0.4, -0.2) is 9.97 Å². The average molecular weight is 340 g/mol. The molecule has 0 radical (unpaired) electrons. The second-order valence-electron chi connectivity index (χ2n) is 5.81. The first-order valence-electron chi connectivity index (χ1n) is 7.84. The third-order valence-corrected chi connectivity index (χ3v) is 3.92. The number of hydrogen-bond acceptors (Lipinski definition) is 4. The summed E-state index contributed by atoms with van der Waals surface area (Å²) in [5.41, 5.74) is 3.54. The Bertz CT molecular complexity index is 905. The lowest BCUT2D eigenvalue weighted by atomic mass is 10.1. The topological polar surface area (TPSA) is 49.8 Å². The van der Waals surface area contributed by atoms with Crippen molar-refractivity contribution >= 4 is 23.1 Å². The summed E-state index contributed by atoms with van der Waals surface area (Å²) >= 11 is 0. The molecule has 6 heteroatoms. The molecule has 25 heavy (non-hydrogen) atoms. The molecular weight excluding hydrogens is 322 g/mol. The van der Waals surface area contributed by atoms with Gasteiger partial charge in [0, 0.05) is 17.4 Å². The van der Waals surface area contributed by atoms with E-state index in [1.807, 2.05) is 32.0 Å². The standard InChI is InChI=1S/C19H18F2N4/c1-11-6-4-9-16(13(11)3)23-19-22-12(2)10-17(25-19)24-18-14(20)7-5-8-15(18)21/h4-10H,1-3H3,(H2,22,23,24,25). The number of halogens is 2. The van der Waals surface area contributed by atoms with Crippen molar-refractivity contribution < 1.29 is 8.78 Å². The summed E-state index contributed by atoms with van der Waals surface area (Å²) in [5.74, 6) is -0.696. The number of para-hydroxylation sites is 1. The molecule has 0 spiro atoms. The molecule has 0 bridgehead atoms. The Balaban J connectivity index is 1.92. The molecule has 4 nitrogen and oxygen atoms in total. The molecule has 0 aliphatic rings. The molecule has 1 aromatic heterocycles. The van der Waals surface area contributed by atoms with E-state index in [-0.39, 0.29) is 5.69 Å². The molecule has 3 rings (SSSR count). The molecule has 2 aromatic carbocycles. The minimum absolute atomic E-state index is 0.238. The monoisotopic (exact) mass is 340 g/mol. The molecule has 3 aromatic rings. The van der Waals surface area contributed by atoms with Gasteiger partial charge in [-0.1, -0.05) is 18.2 Å². The van der Waals surface area contributed by atoms with Gasteiger partial charge in [-0.3, -0.25) is 0 Å². The van der Waals surface area contributed by atoms with Crippen molar-refractivity contribution in [3.63, 3.8) is 0 Å². The molecule has 0 atom stereocenters. The fraction of sp³-hybridized carbons (Fsp3) is 0.158. The number of rotatable bonds is 4. The second-order valence-corrected chi connectivity index (χ2v) is 5.81. The van der Waals surface area contributed by atoms with Crippen molar-refractivity contribution in [2.45, 2.75) is 20.8 Å². The predicted octanol–water partition coefficient (Wildman–Crippen LogP) is 5.17. The van der Waals surface area contributed by atoms with Crippen LogP contribution in [0.25, 0.3) is 0 Å². The summed E-state index contributed by atoms with van der Waals surface area (Å²) in [6, 6.07) is 11.2. The maximum Gasteiger partial charge on any atom is 0.229 e. The number of aryl methyl sites for hydroxylation is 2. The number of hydrogen-bond donors (Lipinski definition) is 2. The fourth-order valence-corrected chi connectivity index (χ4v) is 2.44. The Morgan fingerprint density at radius 3 is 2.24 bits per heavy atom. The van der Waals surface area contributed by atoms with E-state index in [0.29, 0.717) is 17.5 Å². The largest absolute Gasteiger partial charge is 0.335 e. The molecule has 1 heterocycles. The van der Waals surface area contributed by atoms with Crippen LogP contribution in [-0.2, 0) is 0 Å². The van der Waals surface area contributed by atoms with Crippen molar-refractivity contribution in [2.24, 2.45) is 0 Å². The van der Waals surface area contributed by atoms with E-state index in [1.165, 1.54) is 18.2 Å². The second kappa shape index (κ2) is 6.84. The van der Waals surface area contributed by atoms with Gasteiger partial charge in [0.15, 0.2) is 0 Å². The van der Waals surface area contributed by atoms with Crippen LogP contribution in [0.5, 0.6) is 0 Å². The van der Waals surface area contributed by atoms with Crippen molar-refractivity contribution in [1.82, 2.24) is 9.97 Å². The van der Waals surface area contributed by atoms with Crippen molar-refractivity contribution in [1.29, 1.82) is 0 Å². The molecule has 2 N–H and O–H groups in total. The van der Waals surface area contributed by atoms with Crippen LogP contribution >= 0.6 is 0 Å². The van der Waals surface area contributed by atoms with Crippen molar-refractivity contribution in [3.05, 3.63) is 70.9 Å². The van der Waals surface area contributed by atoms with E-state index in [4.69, 9.17) is 0 Å². The van der Waals surface area contributed by atoms with E-state index in [2.05, 4.69) is 20.6 Å². The van der Waals surface area contributed by atoms with Gasteiger partial charge >= 0.3 is 0 Å². The molecule has 0 saturated heterocycles. The van der Waals surface area contributed by atoms with Crippen LogP contribution < -0.4 is 10.6 Å². The van der Waals surface area contributed by atoms with Crippen molar-refractivity contribution in [2.75, 3.05) is 10.6 Å². The molecule has 0 amide bonds. The third kappa shape index (κ3) is 3.74. The highest BCUT2D eigenvalue weighted by molar-refractivity contribution is 5.63. The highest BCUT2D eigenvalue weighted by Gasteiger charge is 2.11. The Morgan fingerprint density at radius 2 is 1.52 bits per heavy atom. The van der Waals surface area contributed by atoms with E-state index in [9.17, 15) is 8.78 Å². The summed E-state index contributed by atoms with van der Waals surface area (Å²) in [6.07, 6.45) is 0. The molecule has 0 aliphatic heterocycles. The summed E-state index contributed by atoms with van der Waals surface area (Å²) in [6.45, 7) is 5.81. The van der Waals surface area contributed by atoms with Gasteiger partial charge in [-0.05, 0) is 50.1 Å². The van der Waals surface area contributed by atoms with Crippen LogP contribution in [0.3, 0.4) is 0 Å². The quantitative estimate of drug-likeness (QED) is 0.688. The van der Waals surface area contributed by atoms with E-state index >= 15 is 0 Å². The predicted molar refractivity (Wildman–Crippen MR) is 95.6 cm³/mol. The van der Waals surface area contributed by atoms with Crippen LogP contribution in [0.15, 0.2) is 42.5 Å². The average Bonchev–Trinajstić information content (AvgIpc) is 2.55. The highest BCUT2D eigenvalue weighted by atomic mass is 19.1. The Labute approximate surface area is 145 Å². The van der Waals surface area contributed by atoms with Crippen molar-refractivity contribution in [3.8, 4) is 0 Å². The highest BCUT2D eigenvalue weighted by Crippen LogP contribution is 2.25. The number of nitrogens with zero attached hydrogens (tertiary/aromatic N) is 2. The Hall–Kier alpha value is -3.02. The van der Waals surface area contributed by atoms with Crippen LogP contribution in [0.2, 0.25) is 0 Å². The minimum Gasteiger partial charge on any atom is -0.335 e. The number of benzene rings is 2. The number of nitrogens with one attached hydrogen (secondary N) is 2.